The molecule has 0 radical (unpaired) electrons. The SMILES string of the molecule is CC(C)(CCN)CCC(=O)C1CCc2cccnc21. The Hall–Kier alpha value is -1.22. The van der Waals surface area contributed by atoms with Gasteiger partial charge in [-0.05, 0) is 49.3 Å². The lowest BCUT2D eigenvalue weighted by atomic mass is 9.82. The fourth-order valence-electron chi connectivity index (χ4n) is 2.88. The van der Waals surface area contributed by atoms with E-state index in [1.54, 1.807) is 6.20 Å². The van der Waals surface area contributed by atoms with Gasteiger partial charge in [-0.3, -0.25) is 9.78 Å². The number of Topliss-reactive ketones (excluding diaryl/α,β-unsaturated/α-hetero) is 1. The van der Waals surface area contributed by atoms with Gasteiger partial charge < -0.3 is 5.73 Å². The molecule has 0 fully saturated rings. The zero-order chi connectivity index (χ0) is 13.9. The Morgan fingerprint density at radius 3 is 3.00 bits per heavy atom. The van der Waals surface area contributed by atoms with Crippen LogP contribution in [0.4, 0.5) is 0 Å². The molecule has 0 saturated heterocycles. The van der Waals surface area contributed by atoms with E-state index >= 15 is 0 Å². The summed E-state index contributed by atoms with van der Waals surface area (Å²) in [7, 11) is 0. The number of carbonyl (C=O) groups excluding carboxylic acids is 1. The lowest BCUT2D eigenvalue weighted by Crippen LogP contribution is -2.20. The van der Waals surface area contributed by atoms with Crippen LogP contribution < -0.4 is 5.73 Å². The summed E-state index contributed by atoms with van der Waals surface area (Å²) >= 11 is 0. The lowest BCUT2D eigenvalue weighted by Gasteiger charge is -2.24. The molecule has 3 nitrogen and oxygen atoms in total. The van der Waals surface area contributed by atoms with Crippen LogP contribution >= 0.6 is 0 Å². The molecule has 19 heavy (non-hydrogen) atoms. The van der Waals surface area contributed by atoms with Gasteiger partial charge in [0.1, 0.15) is 5.78 Å². The van der Waals surface area contributed by atoms with Gasteiger partial charge in [0, 0.05) is 12.6 Å². The van der Waals surface area contributed by atoms with E-state index in [0.717, 1.165) is 31.4 Å². The normalized spacial score (nSPS) is 18.4. The van der Waals surface area contributed by atoms with Crippen molar-refractivity contribution in [2.24, 2.45) is 11.1 Å². The van der Waals surface area contributed by atoms with Crippen LogP contribution in [-0.4, -0.2) is 17.3 Å². The molecular formula is C16H24N2O. The largest absolute Gasteiger partial charge is 0.330 e. The van der Waals surface area contributed by atoms with Gasteiger partial charge in [-0.1, -0.05) is 19.9 Å². The number of hydrogen-bond acceptors (Lipinski definition) is 3. The molecule has 104 valence electrons. The molecule has 0 spiro atoms. The third-order valence-corrected chi connectivity index (χ3v) is 4.22. The number of pyridine rings is 1. The smallest absolute Gasteiger partial charge is 0.141 e. The van der Waals surface area contributed by atoms with E-state index < -0.39 is 0 Å². The van der Waals surface area contributed by atoms with Crippen molar-refractivity contribution in [2.75, 3.05) is 6.54 Å². The van der Waals surface area contributed by atoms with Crippen LogP contribution in [0.3, 0.4) is 0 Å². The fourth-order valence-corrected chi connectivity index (χ4v) is 2.88. The second-order valence-electron chi connectivity index (χ2n) is 6.31. The van der Waals surface area contributed by atoms with Crippen LogP contribution in [0.1, 0.15) is 56.7 Å². The number of fused-ring (bicyclic) bond motifs is 1. The minimum atomic E-state index is 0.0323. The fraction of sp³-hybridized carbons (Fsp3) is 0.625. The van der Waals surface area contributed by atoms with Crippen molar-refractivity contribution in [3.8, 4) is 0 Å². The molecule has 1 aromatic heterocycles. The van der Waals surface area contributed by atoms with Crippen molar-refractivity contribution in [2.45, 2.75) is 51.9 Å². The highest BCUT2D eigenvalue weighted by molar-refractivity contribution is 5.86. The first-order valence-corrected chi connectivity index (χ1v) is 7.20. The maximum Gasteiger partial charge on any atom is 0.141 e. The molecule has 1 aromatic rings. The minimum absolute atomic E-state index is 0.0323. The van der Waals surface area contributed by atoms with E-state index in [1.807, 2.05) is 6.07 Å². The third kappa shape index (κ3) is 3.41. The molecule has 1 unspecified atom stereocenters. The summed E-state index contributed by atoms with van der Waals surface area (Å²) in [4.78, 5) is 16.8. The third-order valence-electron chi connectivity index (χ3n) is 4.22. The monoisotopic (exact) mass is 260 g/mol. The van der Waals surface area contributed by atoms with E-state index in [0.29, 0.717) is 18.7 Å². The minimum Gasteiger partial charge on any atom is -0.330 e. The van der Waals surface area contributed by atoms with Gasteiger partial charge >= 0.3 is 0 Å². The van der Waals surface area contributed by atoms with Crippen LogP contribution in [0.5, 0.6) is 0 Å². The van der Waals surface area contributed by atoms with Gasteiger partial charge in [-0.25, -0.2) is 0 Å². The average Bonchev–Trinajstić information content (AvgIpc) is 2.80. The Morgan fingerprint density at radius 1 is 1.47 bits per heavy atom. The molecule has 3 heteroatoms. The van der Waals surface area contributed by atoms with Crippen LogP contribution in [0.2, 0.25) is 0 Å². The Morgan fingerprint density at radius 2 is 2.26 bits per heavy atom. The molecule has 1 aliphatic carbocycles. The van der Waals surface area contributed by atoms with Crippen LogP contribution in [-0.2, 0) is 11.2 Å². The molecule has 2 N–H and O–H groups in total. The molecule has 2 rings (SSSR count). The summed E-state index contributed by atoms with van der Waals surface area (Å²) in [5.41, 5.74) is 8.04. The van der Waals surface area contributed by atoms with E-state index in [9.17, 15) is 4.79 Å². The second-order valence-corrected chi connectivity index (χ2v) is 6.31. The second kappa shape index (κ2) is 5.83. The summed E-state index contributed by atoms with van der Waals surface area (Å²) in [6.45, 7) is 5.07. The Bertz CT molecular complexity index is 454. The Kier molecular flexibility index (Phi) is 4.35. The van der Waals surface area contributed by atoms with Crippen LogP contribution in [0.25, 0.3) is 0 Å². The van der Waals surface area contributed by atoms with Gasteiger partial charge in [0.25, 0.3) is 0 Å². The van der Waals surface area contributed by atoms with Crippen molar-refractivity contribution in [3.63, 3.8) is 0 Å². The van der Waals surface area contributed by atoms with Gasteiger partial charge in [-0.15, -0.1) is 0 Å². The predicted molar refractivity (Wildman–Crippen MR) is 77.0 cm³/mol. The van der Waals surface area contributed by atoms with Crippen molar-refractivity contribution in [1.29, 1.82) is 0 Å². The van der Waals surface area contributed by atoms with E-state index in [1.165, 1.54) is 5.56 Å². The average molecular weight is 260 g/mol. The number of ketones is 1. The standard InChI is InChI=1S/C16H24N2O/c1-16(2,9-10-17)8-7-14(19)13-6-5-12-4-3-11-18-15(12)13/h3-4,11,13H,5-10,17H2,1-2H3. The van der Waals surface area contributed by atoms with Gasteiger partial charge in [0.2, 0.25) is 0 Å². The quantitative estimate of drug-likeness (QED) is 0.855. The number of rotatable bonds is 6. The van der Waals surface area contributed by atoms with Crippen LogP contribution in [0.15, 0.2) is 18.3 Å². The van der Waals surface area contributed by atoms with Crippen molar-refractivity contribution in [1.82, 2.24) is 4.98 Å². The van der Waals surface area contributed by atoms with Gasteiger partial charge in [0.15, 0.2) is 0 Å². The summed E-state index contributed by atoms with van der Waals surface area (Å²) in [6.07, 6.45) is 6.26. The highest BCUT2D eigenvalue weighted by Gasteiger charge is 2.30. The molecule has 1 heterocycles. The number of aryl methyl sites for hydroxylation is 1. The summed E-state index contributed by atoms with van der Waals surface area (Å²) in [5, 5.41) is 0. The predicted octanol–water partition coefficient (Wildman–Crippen LogP) is 2.84. The number of nitrogens with two attached hydrogens (primary N) is 1. The molecule has 0 bridgehead atoms. The van der Waals surface area contributed by atoms with Crippen LogP contribution in [0, 0.1) is 5.41 Å². The first-order chi connectivity index (χ1) is 9.03. The van der Waals surface area contributed by atoms with Crippen molar-refractivity contribution in [3.05, 3.63) is 29.6 Å². The maximum absolute atomic E-state index is 12.4. The summed E-state index contributed by atoms with van der Waals surface area (Å²) in [6, 6.07) is 4.05. The van der Waals surface area contributed by atoms with Crippen molar-refractivity contribution < 1.29 is 4.79 Å². The molecule has 0 aliphatic heterocycles. The van der Waals surface area contributed by atoms with Crippen molar-refractivity contribution >= 4 is 5.78 Å². The summed E-state index contributed by atoms with van der Waals surface area (Å²) < 4.78 is 0. The first-order valence-electron chi connectivity index (χ1n) is 7.20. The number of hydrogen-bond donors (Lipinski definition) is 1. The van der Waals surface area contributed by atoms with E-state index in [2.05, 4.69) is 24.9 Å². The van der Waals surface area contributed by atoms with E-state index in [4.69, 9.17) is 5.73 Å². The molecule has 0 amide bonds. The first kappa shape index (κ1) is 14.2. The molecule has 1 aliphatic rings. The Balaban J connectivity index is 1.95. The molecule has 1 atom stereocenters. The molecular weight excluding hydrogens is 236 g/mol. The maximum atomic E-state index is 12.4. The topological polar surface area (TPSA) is 56.0 Å². The number of aromatic nitrogens is 1. The summed E-state index contributed by atoms with van der Waals surface area (Å²) in [5.74, 6) is 0.382. The van der Waals surface area contributed by atoms with Gasteiger partial charge in [0.05, 0.1) is 11.6 Å². The zero-order valence-corrected chi connectivity index (χ0v) is 12.0. The number of nitrogens with zero attached hydrogens (tertiary/aromatic N) is 1. The highest BCUT2D eigenvalue weighted by Crippen LogP contribution is 2.34. The van der Waals surface area contributed by atoms with E-state index in [-0.39, 0.29) is 11.3 Å². The highest BCUT2D eigenvalue weighted by atomic mass is 16.1. The molecule has 0 aromatic carbocycles. The zero-order valence-electron chi connectivity index (χ0n) is 12.0. The number of carbonyl (C=O) groups is 1. The lowest BCUT2D eigenvalue weighted by molar-refractivity contribution is -0.121. The Labute approximate surface area is 115 Å². The van der Waals surface area contributed by atoms with Gasteiger partial charge in [-0.2, -0.15) is 0 Å². The molecule has 0 saturated carbocycles.